The highest BCUT2D eigenvalue weighted by atomic mass is 19.1. The Kier molecular flexibility index (Phi) is 3.91. The van der Waals surface area contributed by atoms with E-state index < -0.39 is 0 Å². The fraction of sp³-hybridized carbons (Fsp3) is 0.538. The van der Waals surface area contributed by atoms with E-state index in [2.05, 4.69) is 4.90 Å². The predicted molar refractivity (Wildman–Crippen MR) is 61.7 cm³/mol. The Balaban J connectivity index is 1.97. The average Bonchev–Trinajstić information content (AvgIpc) is 2.81. The van der Waals surface area contributed by atoms with Crippen molar-refractivity contribution in [3.63, 3.8) is 0 Å². The number of halogens is 1. The molecule has 0 radical (unpaired) electrons. The van der Waals surface area contributed by atoms with E-state index in [0.717, 1.165) is 31.6 Å². The van der Waals surface area contributed by atoms with Crippen molar-refractivity contribution in [1.82, 2.24) is 4.90 Å². The number of aliphatic hydroxyl groups excluding tert-OH is 1. The third-order valence-electron chi connectivity index (χ3n) is 3.23. The third kappa shape index (κ3) is 2.60. The Morgan fingerprint density at radius 1 is 1.19 bits per heavy atom. The lowest BCUT2D eigenvalue weighted by Gasteiger charge is -2.15. The molecule has 1 aromatic carbocycles. The summed E-state index contributed by atoms with van der Waals surface area (Å²) >= 11 is 0. The van der Waals surface area contributed by atoms with Crippen LogP contribution in [-0.2, 0) is 13.0 Å². The molecular formula is C13H18FNO. The van der Waals surface area contributed by atoms with Gasteiger partial charge >= 0.3 is 0 Å². The molecule has 2 nitrogen and oxygen atoms in total. The molecule has 88 valence electrons. The summed E-state index contributed by atoms with van der Waals surface area (Å²) < 4.78 is 13.8. The number of hydrogen-bond acceptors (Lipinski definition) is 2. The molecule has 0 aliphatic carbocycles. The molecule has 2 rings (SSSR count). The van der Waals surface area contributed by atoms with E-state index in [1.54, 1.807) is 6.07 Å². The van der Waals surface area contributed by atoms with Crippen molar-refractivity contribution in [2.45, 2.75) is 25.9 Å². The van der Waals surface area contributed by atoms with E-state index >= 15 is 0 Å². The van der Waals surface area contributed by atoms with Crippen molar-refractivity contribution >= 4 is 0 Å². The quantitative estimate of drug-likeness (QED) is 0.843. The topological polar surface area (TPSA) is 23.5 Å². The Labute approximate surface area is 95.7 Å². The lowest BCUT2D eigenvalue weighted by atomic mass is 10.1. The van der Waals surface area contributed by atoms with Crippen molar-refractivity contribution in [1.29, 1.82) is 0 Å². The van der Waals surface area contributed by atoms with Crippen LogP contribution in [0.15, 0.2) is 18.2 Å². The lowest BCUT2D eigenvalue weighted by Crippen LogP contribution is -2.22. The number of hydrogen-bond donors (Lipinski definition) is 1. The Morgan fingerprint density at radius 2 is 1.88 bits per heavy atom. The van der Waals surface area contributed by atoms with Gasteiger partial charge in [0.2, 0.25) is 0 Å². The van der Waals surface area contributed by atoms with Crippen LogP contribution in [-0.4, -0.2) is 29.6 Å². The molecule has 0 bridgehead atoms. The largest absolute Gasteiger partial charge is 0.392 e. The summed E-state index contributed by atoms with van der Waals surface area (Å²) in [5.74, 6) is -0.232. The number of aliphatic hydroxyl groups is 1. The summed E-state index contributed by atoms with van der Waals surface area (Å²) in [5.41, 5.74) is 1.12. The molecule has 1 aromatic rings. The van der Waals surface area contributed by atoms with Crippen LogP contribution in [0, 0.1) is 5.82 Å². The van der Waals surface area contributed by atoms with Crippen LogP contribution < -0.4 is 0 Å². The molecule has 16 heavy (non-hydrogen) atoms. The van der Waals surface area contributed by atoms with Gasteiger partial charge in [0, 0.05) is 12.1 Å². The van der Waals surface area contributed by atoms with Crippen molar-refractivity contribution in [2.75, 3.05) is 19.6 Å². The fourth-order valence-electron chi connectivity index (χ4n) is 2.23. The molecule has 0 amide bonds. The lowest BCUT2D eigenvalue weighted by molar-refractivity contribution is 0.275. The van der Waals surface area contributed by atoms with Gasteiger partial charge in [0.1, 0.15) is 5.82 Å². The van der Waals surface area contributed by atoms with Gasteiger partial charge in [0.05, 0.1) is 6.61 Å². The van der Waals surface area contributed by atoms with Crippen LogP contribution in [0.4, 0.5) is 4.39 Å². The standard InChI is InChI=1S/C13H18FNO/c14-13-11(4-3-5-12(13)10-16)6-9-15-7-1-2-8-15/h3-5,16H,1-2,6-10H2. The minimum absolute atomic E-state index is 0.219. The minimum atomic E-state index is -0.232. The Morgan fingerprint density at radius 3 is 2.56 bits per heavy atom. The summed E-state index contributed by atoms with van der Waals surface area (Å²) in [5, 5.41) is 8.97. The molecule has 1 heterocycles. The molecule has 1 aliphatic rings. The first-order chi connectivity index (χ1) is 7.81. The second-order valence-corrected chi connectivity index (χ2v) is 4.35. The fourth-order valence-corrected chi connectivity index (χ4v) is 2.23. The van der Waals surface area contributed by atoms with Gasteiger partial charge in [0.15, 0.2) is 0 Å². The van der Waals surface area contributed by atoms with Crippen LogP contribution in [0.25, 0.3) is 0 Å². The second kappa shape index (κ2) is 5.41. The first kappa shape index (κ1) is 11.6. The maximum atomic E-state index is 13.8. The highest BCUT2D eigenvalue weighted by Gasteiger charge is 2.13. The van der Waals surface area contributed by atoms with Crippen LogP contribution >= 0.6 is 0 Å². The van der Waals surface area contributed by atoms with E-state index in [1.165, 1.54) is 12.8 Å². The zero-order valence-corrected chi connectivity index (χ0v) is 9.45. The van der Waals surface area contributed by atoms with E-state index in [1.807, 2.05) is 12.1 Å². The maximum absolute atomic E-state index is 13.8. The van der Waals surface area contributed by atoms with E-state index in [9.17, 15) is 4.39 Å². The summed E-state index contributed by atoms with van der Waals surface area (Å²) in [6, 6.07) is 5.26. The van der Waals surface area contributed by atoms with Crippen LogP contribution in [0.5, 0.6) is 0 Å². The molecule has 1 fully saturated rings. The first-order valence-electron chi connectivity index (χ1n) is 5.91. The smallest absolute Gasteiger partial charge is 0.131 e. The number of nitrogens with zero attached hydrogens (tertiary/aromatic N) is 1. The van der Waals surface area contributed by atoms with Crippen LogP contribution in [0.2, 0.25) is 0 Å². The zero-order chi connectivity index (χ0) is 11.4. The molecular weight excluding hydrogens is 205 g/mol. The number of rotatable bonds is 4. The number of benzene rings is 1. The molecule has 0 spiro atoms. The maximum Gasteiger partial charge on any atom is 0.131 e. The van der Waals surface area contributed by atoms with Gasteiger partial charge in [-0.05, 0) is 37.9 Å². The van der Waals surface area contributed by atoms with Gasteiger partial charge in [-0.2, -0.15) is 0 Å². The summed E-state index contributed by atoms with van der Waals surface area (Å²) in [4.78, 5) is 2.37. The minimum Gasteiger partial charge on any atom is -0.392 e. The summed E-state index contributed by atoms with van der Waals surface area (Å²) in [7, 11) is 0. The van der Waals surface area contributed by atoms with E-state index in [4.69, 9.17) is 5.11 Å². The second-order valence-electron chi connectivity index (χ2n) is 4.35. The predicted octanol–water partition coefficient (Wildman–Crippen LogP) is 1.96. The van der Waals surface area contributed by atoms with Crippen molar-refractivity contribution in [2.24, 2.45) is 0 Å². The van der Waals surface area contributed by atoms with Gasteiger partial charge in [-0.15, -0.1) is 0 Å². The highest BCUT2D eigenvalue weighted by molar-refractivity contribution is 5.25. The van der Waals surface area contributed by atoms with Crippen LogP contribution in [0.1, 0.15) is 24.0 Å². The van der Waals surface area contributed by atoms with E-state index in [-0.39, 0.29) is 12.4 Å². The molecule has 1 aliphatic heterocycles. The van der Waals surface area contributed by atoms with Gasteiger partial charge in [-0.1, -0.05) is 18.2 Å². The Hall–Kier alpha value is -0.930. The molecule has 3 heteroatoms. The monoisotopic (exact) mass is 223 g/mol. The van der Waals surface area contributed by atoms with Gasteiger partial charge in [0.25, 0.3) is 0 Å². The van der Waals surface area contributed by atoms with Crippen molar-refractivity contribution in [3.8, 4) is 0 Å². The van der Waals surface area contributed by atoms with E-state index in [0.29, 0.717) is 5.56 Å². The van der Waals surface area contributed by atoms with Gasteiger partial charge in [-0.25, -0.2) is 4.39 Å². The SMILES string of the molecule is OCc1cccc(CCN2CCCC2)c1F. The molecule has 1 saturated heterocycles. The third-order valence-corrected chi connectivity index (χ3v) is 3.23. The highest BCUT2D eigenvalue weighted by Crippen LogP contribution is 2.15. The molecule has 1 N–H and O–H groups in total. The Bertz CT molecular complexity index is 348. The normalized spacial score (nSPS) is 16.9. The number of likely N-dealkylation sites (tertiary alicyclic amines) is 1. The average molecular weight is 223 g/mol. The molecule has 0 atom stereocenters. The zero-order valence-electron chi connectivity index (χ0n) is 9.45. The molecule has 0 aromatic heterocycles. The summed E-state index contributed by atoms with van der Waals surface area (Å²) in [6.07, 6.45) is 3.26. The van der Waals surface area contributed by atoms with Crippen LogP contribution in [0.3, 0.4) is 0 Å². The first-order valence-corrected chi connectivity index (χ1v) is 5.91. The van der Waals surface area contributed by atoms with Crippen molar-refractivity contribution < 1.29 is 9.50 Å². The van der Waals surface area contributed by atoms with Gasteiger partial charge < -0.3 is 10.0 Å². The van der Waals surface area contributed by atoms with Crippen molar-refractivity contribution in [3.05, 3.63) is 35.1 Å². The summed E-state index contributed by atoms with van der Waals surface area (Å²) in [6.45, 7) is 2.98. The van der Waals surface area contributed by atoms with Gasteiger partial charge in [-0.3, -0.25) is 0 Å². The molecule has 0 saturated carbocycles. The molecule has 0 unspecified atom stereocenters.